The van der Waals surface area contributed by atoms with Gasteiger partial charge in [-0.2, -0.15) is 0 Å². The highest BCUT2D eigenvalue weighted by Gasteiger charge is 2.25. The second-order valence-corrected chi connectivity index (χ2v) is 11.0. The number of fused-ring (bicyclic) bond motifs is 3. The summed E-state index contributed by atoms with van der Waals surface area (Å²) in [5.41, 5.74) is 3.79. The van der Waals surface area contributed by atoms with Crippen molar-refractivity contribution in [2.75, 3.05) is 18.0 Å². The van der Waals surface area contributed by atoms with E-state index in [4.69, 9.17) is 4.74 Å². The molecule has 0 fully saturated rings. The minimum Gasteiger partial charge on any atom is -0.464 e. The zero-order chi connectivity index (χ0) is 26.2. The van der Waals surface area contributed by atoms with E-state index < -0.39 is 17.8 Å². The van der Waals surface area contributed by atoms with Gasteiger partial charge >= 0.3 is 12.2 Å². The van der Waals surface area contributed by atoms with Crippen molar-refractivity contribution in [2.24, 2.45) is 0 Å². The van der Waals surface area contributed by atoms with Gasteiger partial charge in [0.05, 0.1) is 22.6 Å². The van der Waals surface area contributed by atoms with E-state index in [2.05, 4.69) is 34.5 Å². The van der Waals surface area contributed by atoms with E-state index in [9.17, 15) is 14.7 Å². The Morgan fingerprint density at radius 2 is 1.68 bits per heavy atom. The van der Waals surface area contributed by atoms with Crippen LogP contribution in [0, 0.1) is 0 Å². The van der Waals surface area contributed by atoms with Crippen molar-refractivity contribution in [3.63, 3.8) is 0 Å². The molecule has 4 aromatic rings. The van der Waals surface area contributed by atoms with E-state index >= 15 is 0 Å². The first-order valence-electron chi connectivity index (χ1n) is 12.2. The molecule has 1 aliphatic rings. The normalized spacial score (nSPS) is 12.7. The predicted octanol–water partition coefficient (Wildman–Crippen LogP) is 7.35. The lowest BCUT2D eigenvalue weighted by molar-refractivity contribution is 0.0527. The molecule has 0 saturated carbocycles. The summed E-state index contributed by atoms with van der Waals surface area (Å²) in [7, 11) is 0. The number of hydrogen-bond donors (Lipinski definition) is 2. The highest BCUT2D eigenvalue weighted by atomic mass is 32.2. The molecule has 0 bridgehead atoms. The summed E-state index contributed by atoms with van der Waals surface area (Å²) in [6, 6.07) is 23.8. The number of alkyl carbamates (subject to hydrolysis) is 1. The van der Waals surface area contributed by atoms with Gasteiger partial charge in [0.1, 0.15) is 5.60 Å². The van der Waals surface area contributed by atoms with Gasteiger partial charge in [0, 0.05) is 33.8 Å². The highest BCUT2D eigenvalue weighted by Crippen LogP contribution is 2.49. The van der Waals surface area contributed by atoms with Crippen LogP contribution < -0.4 is 10.2 Å². The van der Waals surface area contributed by atoms with Crippen molar-refractivity contribution in [3.8, 4) is 11.3 Å². The SMILES string of the molecule is CC(C)(C)OC(=O)NCCCN1c2ccccc2Sc2cc(-c3cc4ccccc4n3C(=O)O)ccc21. The largest absolute Gasteiger partial charge is 0.464 e. The zero-order valence-electron chi connectivity index (χ0n) is 21.0. The molecule has 1 aromatic heterocycles. The van der Waals surface area contributed by atoms with Gasteiger partial charge in [0.25, 0.3) is 0 Å². The average molecular weight is 516 g/mol. The molecule has 5 rings (SSSR count). The minimum absolute atomic E-state index is 0.416. The third kappa shape index (κ3) is 5.15. The number of benzene rings is 3. The van der Waals surface area contributed by atoms with E-state index in [0.29, 0.717) is 24.3 Å². The molecule has 0 saturated heterocycles. The summed E-state index contributed by atoms with van der Waals surface area (Å²) in [4.78, 5) is 28.6. The summed E-state index contributed by atoms with van der Waals surface area (Å²) in [5.74, 6) is 0. The number of carbonyl (C=O) groups is 2. The Hall–Kier alpha value is -3.91. The molecule has 0 radical (unpaired) electrons. The van der Waals surface area contributed by atoms with Crippen LogP contribution in [0.25, 0.3) is 22.2 Å². The summed E-state index contributed by atoms with van der Waals surface area (Å²) in [6.45, 7) is 6.73. The quantitative estimate of drug-likeness (QED) is 0.270. The first kappa shape index (κ1) is 24.8. The Balaban J connectivity index is 1.43. The maximum Gasteiger partial charge on any atom is 0.416 e. The topological polar surface area (TPSA) is 83.8 Å². The summed E-state index contributed by atoms with van der Waals surface area (Å²) < 4.78 is 6.68. The van der Waals surface area contributed by atoms with Crippen molar-refractivity contribution in [1.29, 1.82) is 0 Å². The molecule has 2 N–H and O–H groups in total. The number of rotatable bonds is 5. The van der Waals surface area contributed by atoms with E-state index in [1.807, 2.05) is 69.3 Å². The number of amides is 1. The lowest BCUT2D eigenvalue weighted by atomic mass is 10.1. The highest BCUT2D eigenvalue weighted by molar-refractivity contribution is 7.99. The molecule has 0 unspecified atom stereocenters. The molecule has 0 spiro atoms. The van der Waals surface area contributed by atoms with Crippen LogP contribution in [0.5, 0.6) is 0 Å². The number of para-hydroxylation sites is 2. The van der Waals surface area contributed by atoms with Gasteiger partial charge in [0.15, 0.2) is 0 Å². The standard InChI is InChI=1S/C29H29N3O4S/c1-29(2,3)36-27(33)30-15-8-16-31-22-11-6-7-12-25(22)37-26-18-20(13-14-23(26)31)24-17-19-9-4-5-10-21(19)32(24)28(34)35/h4-7,9-14,17-18H,8,15-16H2,1-3H3,(H,30,33)(H,34,35). The maximum absolute atomic E-state index is 12.2. The van der Waals surface area contributed by atoms with Crippen LogP contribution in [0.2, 0.25) is 0 Å². The van der Waals surface area contributed by atoms with E-state index in [1.165, 1.54) is 4.57 Å². The number of anilines is 2. The van der Waals surface area contributed by atoms with Gasteiger partial charge in [-0.15, -0.1) is 0 Å². The first-order valence-corrected chi connectivity index (χ1v) is 13.0. The van der Waals surface area contributed by atoms with Crippen molar-refractivity contribution < 1.29 is 19.4 Å². The smallest absolute Gasteiger partial charge is 0.416 e. The van der Waals surface area contributed by atoms with Crippen molar-refractivity contribution in [1.82, 2.24) is 9.88 Å². The van der Waals surface area contributed by atoms with Crippen LogP contribution in [0.4, 0.5) is 21.0 Å². The Morgan fingerprint density at radius 3 is 2.46 bits per heavy atom. The molecule has 1 aliphatic heterocycles. The van der Waals surface area contributed by atoms with E-state index in [1.54, 1.807) is 11.8 Å². The lowest BCUT2D eigenvalue weighted by Gasteiger charge is -2.33. The summed E-state index contributed by atoms with van der Waals surface area (Å²) >= 11 is 1.68. The molecule has 8 heteroatoms. The molecule has 1 amide bonds. The number of aromatic nitrogens is 1. The fourth-order valence-electron chi connectivity index (χ4n) is 4.55. The fraction of sp³-hybridized carbons (Fsp3) is 0.241. The number of carboxylic acid groups (broad SMARTS) is 1. The Morgan fingerprint density at radius 1 is 0.946 bits per heavy atom. The Bertz CT molecular complexity index is 1490. The number of hydrogen-bond acceptors (Lipinski definition) is 5. The third-order valence-electron chi connectivity index (χ3n) is 6.05. The monoisotopic (exact) mass is 515 g/mol. The number of nitrogens with zero attached hydrogens (tertiary/aromatic N) is 2. The zero-order valence-corrected chi connectivity index (χ0v) is 21.8. The van der Waals surface area contributed by atoms with Gasteiger partial charge in [-0.05, 0) is 63.6 Å². The number of nitrogens with one attached hydrogen (secondary N) is 1. The molecular formula is C29H29N3O4S. The van der Waals surface area contributed by atoms with Crippen LogP contribution in [0.15, 0.2) is 82.6 Å². The summed E-state index contributed by atoms with van der Waals surface area (Å²) in [5, 5.41) is 13.7. The van der Waals surface area contributed by atoms with Crippen LogP contribution in [-0.4, -0.2) is 40.6 Å². The molecule has 0 atom stereocenters. The van der Waals surface area contributed by atoms with Gasteiger partial charge < -0.3 is 20.1 Å². The number of ether oxygens (including phenoxy) is 1. The molecule has 3 aromatic carbocycles. The lowest BCUT2D eigenvalue weighted by Crippen LogP contribution is -2.34. The molecule has 0 aliphatic carbocycles. The van der Waals surface area contributed by atoms with Crippen molar-refractivity contribution in [3.05, 3.63) is 72.8 Å². The number of carbonyl (C=O) groups excluding carboxylic acids is 1. The minimum atomic E-state index is -1.01. The molecule has 190 valence electrons. The second-order valence-electron chi connectivity index (χ2n) is 9.89. The van der Waals surface area contributed by atoms with Gasteiger partial charge in [-0.3, -0.25) is 0 Å². The molecular weight excluding hydrogens is 486 g/mol. The van der Waals surface area contributed by atoms with Crippen LogP contribution in [0.1, 0.15) is 27.2 Å². The fourth-order valence-corrected chi connectivity index (χ4v) is 5.68. The van der Waals surface area contributed by atoms with E-state index in [-0.39, 0.29) is 0 Å². The van der Waals surface area contributed by atoms with Crippen LogP contribution in [0.3, 0.4) is 0 Å². The van der Waals surface area contributed by atoms with E-state index in [0.717, 1.165) is 38.5 Å². The van der Waals surface area contributed by atoms with Gasteiger partial charge in [-0.25, -0.2) is 14.2 Å². The predicted molar refractivity (Wildman–Crippen MR) is 147 cm³/mol. The van der Waals surface area contributed by atoms with Gasteiger partial charge in [0.2, 0.25) is 0 Å². The Kier molecular flexibility index (Phi) is 6.60. The third-order valence-corrected chi connectivity index (χ3v) is 7.16. The van der Waals surface area contributed by atoms with Crippen molar-refractivity contribution in [2.45, 2.75) is 42.6 Å². The summed E-state index contributed by atoms with van der Waals surface area (Å²) in [6.07, 6.45) is -0.695. The molecule has 37 heavy (non-hydrogen) atoms. The second kappa shape index (κ2) is 9.86. The first-order chi connectivity index (χ1) is 17.7. The maximum atomic E-state index is 12.2. The average Bonchev–Trinajstić information content (AvgIpc) is 3.24. The van der Waals surface area contributed by atoms with Crippen LogP contribution in [-0.2, 0) is 4.74 Å². The van der Waals surface area contributed by atoms with Gasteiger partial charge in [-0.1, -0.05) is 48.2 Å². The molecule has 7 nitrogen and oxygen atoms in total. The van der Waals surface area contributed by atoms with Crippen molar-refractivity contribution >= 4 is 46.2 Å². The van der Waals surface area contributed by atoms with Crippen LogP contribution >= 0.6 is 11.8 Å². The molecule has 2 heterocycles. The Labute approximate surface area is 220 Å².